The Bertz CT molecular complexity index is 1120. The number of hydrogen-bond donors (Lipinski definition) is 1. The van der Waals surface area contributed by atoms with E-state index in [0.29, 0.717) is 10.9 Å². The number of nitrogens with zero attached hydrogens (tertiary/aromatic N) is 3. The van der Waals surface area contributed by atoms with Crippen molar-refractivity contribution in [3.8, 4) is 0 Å². The monoisotopic (exact) mass is 440 g/mol. The van der Waals surface area contributed by atoms with Crippen LogP contribution in [0.5, 0.6) is 0 Å². The second kappa shape index (κ2) is 6.49. The molecule has 1 aromatic heterocycles. The number of amides is 2. The molecule has 136 valence electrons. The van der Waals surface area contributed by atoms with Gasteiger partial charge in [0.15, 0.2) is 5.82 Å². The molecule has 27 heavy (non-hydrogen) atoms. The summed E-state index contributed by atoms with van der Waals surface area (Å²) in [4.78, 5) is 35.0. The van der Waals surface area contributed by atoms with Gasteiger partial charge in [-0.05, 0) is 12.1 Å². The highest BCUT2D eigenvalue weighted by molar-refractivity contribution is 6.55. The number of halogens is 4. The van der Waals surface area contributed by atoms with Crippen LogP contribution in [0.15, 0.2) is 24.3 Å². The number of nitrogens with two attached hydrogens (primary N) is 1. The van der Waals surface area contributed by atoms with E-state index in [1.165, 1.54) is 0 Å². The fraction of sp³-hybridized carbons (Fsp3) is 0.0588. The maximum absolute atomic E-state index is 12.8. The van der Waals surface area contributed by atoms with Crippen LogP contribution in [0, 0.1) is 0 Å². The SMILES string of the molecule is Nc1nc(CN2C(=O)c3c(Cl)c(Cl)c(Cl)c(Cl)c3C2=O)nc2ccccc12. The maximum atomic E-state index is 12.8. The van der Waals surface area contributed by atoms with E-state index in [2.05, 4.69) is 9.97 Å². The zero-order valence-electron chi connectivity index (χ0n) is 13.3. The Hall–Kier alpha value is -2.12. The lowest BCUT2D eigenvalue weighted by molar-refractivity contribution is 0.0638. The number of rotatable bonds is 2. The van der Waals surface area contributed by atoms with Crippen molar-refractivity contribution in [3.05, 3.63) is 61.3 Å². The number of fused-ring (bicyclic) bond motifs is 2. The van der Waals surface area contributed by atoms with E-state index in [4.69, 9.17) is 52.1 Å². The smallest absolute Gasteiger partial charge is 0.263 e. The minimum atomic E-state index is -0.657. The first-order valence-corrected chi connectivity index (χ1v) is 9.05. The molecule has 0 unspecified atom stereocenters. The number of carbonyl (C=O) groups is 2. The van der Waals surface area contributed by atoms with Crippen LogP contribution in [0.25, 0.3) is 10.9 Å². The topological polar surface area (TPSA) is 89.2 Å². The summed E-state index contributed by atoms with van der Waals surface area (Å²) >= 11 is 24.2. The van der Waals surface area contributed by atoms with Crippen LogP contribution in [0.2, 0.25) is 20.1 Å². The van der Waals surface area contributed by atoms with Gasteiger partial charge in [-0.15, -0.1) is 0 Å². The molecule has 4 rings (SSSR count). The second-order valence-electron chi connectivity index (χ2n) is 5.74. The minimum absolute atomic E-state index is 0.0868. The van der Waals surface area contributed by atoms with Crippen molar-refractivity contribution in [2.45, 2.75) is 6.54 Å². The Kier molecular flexibility index (Phi) is 4.39. The highest BCUT2D eigenvalue weighted by Gasteiger charge is 2.41. The molecule has 3 aromatic rings. The summed E-state index contributed by atoms with van der Waals surface area (Å²) in [5.74, 6) is -0.869. The molecule has 10 heteroatoms. The van der Waals surface area contributed by atoms with Crippen LogP contribution in [0.4, 0.5) is 5.82 Å². The number of nitrogen functional groups attached to an aromatic ring is 1. The molecule has 0 atom stereocenters. The van der Waals surface area contributed by atoms with Crippen LogP contribution in [0.3, 0.4) is 0 Å². The lowest BCUT2D eigenvalue weighted by Gasteiger charge is -2.13. The molecular formula is C17H8Cl4N4O2. The molecule has 1 aliphatic heterocycles. The average Bonchev–Trinajstić information content (AvgIpc) is 2.89. The normalized spacial score (nSPS) is 13.6. The van der Waals surface area contributed by atoms with E-state index in [0.717, 1.165) is 4.90 Å². The van der Waals surface area contributed by atoms with Crippen molar-refractivity contribution in [3.63, 3.8) is 0 Å². The van der Waals surface area contributed by atoms with Crippen LogP contribution in [-0.4, -0.2) is 26.7 Å². The predicted molar refractivity (Wildman–Crippen MR) is 105 cm³/mol. The number of carbonyl (C=O) groups excluding carboxylic acids is 2. The standard InChI is InChI=1S/C17H8Cl4N4O2/c18-11-9-10(12(19)14(21)13(11)20)17(27)25(16(9)26)5-8-23-7-4-2-1-3-6(7)15(22)24-8/h1-4H,5H2,(H2,22,23,24). The number of anilines is 1. The van der Waals surface area contributed by atoms with E-state index in [1.807, 2.05) is 6.07 Å². The zero-order chi connectivity index (χ0) is 19.5. The summed E-state index contributed by atoms with van der Waals surface area (Å²) in [6.07, 6.45) is 0. The second-order valence-corrected chi connectivity index (χ2v) is 7.26. The number of para-hydroxylation sites is 1. The highest BCUT2D eigenvalue weighted by atomic mass is 35.5. The van der Waals surface area contributed by atoms with E-state index in [9.17, 15) is 9.59 Å². The molecule has 0 bridgehead atoms. The fourth-order valence-electron chi connectivity index (χ4n) is 2.90. The Morgan fingerprint density at radius 2 is 1.41 bits per heavy atom. The molecule has 1 aliphatic rings. The maximum Gasteiger partial charge on any atom is 0.263 e. The first-order valence-electron chi connectivity index (χ1n) is 7.54. The zero-order valence-corrected chi connectivity index (χ0v) is 16.3. The fourth-order valence-corrected chi connectivity index (χ4v) is 3.92. The Balaban J connectivity index is 1.79. The van der Waals surface area contributed by atoms with Crippen LogP contribution >= 0.6 is 46.4 Å². The van der Waals surface area contributed by atoms with Gasteiger partial charge in [-0.3, -0.25) is 14.5 Å². The molecule has 0 saturated heterocycles. The van der Waals surface area contributed by atoms with Crippen molar-refractivity contribution in [2.24, 2.45) is 0 Å². The summed E-state index contributed by atoms with van der Waals surface area (Å²) in [6, 6.07) is 7.14. The van der Waals surface area contributed by atoms with Gasteiger partial charge in [0.05, 0.1) is 43.3 Å². The average molecular weight is 442 g/mol. The summed E-state index contributed by atoms with van der Waals surface area (Å²) in [5.41, 5.74) is 6.38. The molecule has 6 nitrogen and oxygen atoms in total. The summed E-state index contributed by atoms with van der Waals surface area (Å²) in [6.45, 7) is -0.205. The van der Waals surface area contributed by atoms with Gasteiger partial charge in [0.25, 0.3) is 11.8 Å². The van der Waals surface area contributed by atoms with Gasteiger partial charge in [-0.2, -0.15) is 0 Å². The number of hydrogen-bond acceptors (Lipinski definition) is 5. The van der Waals surface area contributed by atoms with Gasteiger partial charge in [0, 0.05) is 5.39 Å². The molecule has 0 fully saturated rings. The van der Waals surface area contributed by atoms with Crippen LogP contribution in [0.1, 0.15) is 26.5 Å². The number of benzene rings is 2. The van der Waals surface area contributed by atoms with Gasteiger partial charge < -0.3 is 5.73 Å². The molecule has 2 aromatic carbocycles. The van der Waals surface area contributed by atoms with Gasteiger partial charge >= 0.3 is 0 Å². The van der Waals surface area contributed by atoms with Crippen molar-refractivity contribution in [1.29, 1.82) is 0 Å². The molecule has 0 spiro atoms. The molecule has 2 amide bonds. The minimum Gasteiger partial charge on any atom is -0.383 e. The van der Waals surface area contributed by atoms with E-state index in [-0.39, 0.29) is 49.4 Å². The van der Waals surface area contributed by atoms with E-state index >= 15 is 0 Å². The summed E-state index contributed by atoms with van der Waals surface area (Å²) in [7, 11) is 0. The lowest BCUT2D eigenvalue weighted by Crippen LogP contribution is -2.30. The Morgan fingerprint density at radius 3 is 2.00 bits per heavy atom. The molecule has 2 heterocycles. The molecule has 0 aliphatic carbocycles. The van der Waals surface area contributed by atoms with Crippen molar-refractivity contribution in [2.75, 3.05) is 5.73 Å². The quantitative estimate of drug-likeness (QED) is 0.356. The number of imide groups is 1. The Morgan fingerprint density at radius 1 is 0.852 bits per heavy atom. The van der Waals surface area contributed by atoms with Crippen molar-refractivity contribution in [1.82, 2.24) is 14.9 Å². The summed E-state index contributed by atoms with van der Waals surface area (Å²) in [5, 5.41) is 0.252. The van der Waals surface area contributed by atoms with Crippen molar-refractivity contribution >= 4 is 74.9 Å². The van der Waals surface area contributed by atoms with Gasteiger partial charge in [0.2, 0.25) is 0 Å². The van der Waals surface area contributed by atoms with Crippen molar-refractivity contribution < 1.29 is 9.59 Å². The molecule has 0 radical (unpaired) electrons. The third-order valence-electron chi connectivity index (χ3n) is 4.16. The first-order chi connectivity index (χ1) is 12.8. The van der Waals surface area contributed by atoms with Crippen LogP contribution < -0.4 is 5.73 Å². The first kappa shape index (κ1) is 18.3. The third-order valence-corrected chi connectivity index (χ3v) is 5.97. The molecular weight excluding hydrogens is 434 g/mol. The Labute approximate surface area is 172 Å². The van der Waals surface area contributed by atoms with Crippen LogP contribution in [-0.2, 0) is 6.54 Å². The van der Waals surface area contributed by atoms with Gasteiger partial charge in [-0.25, -0.2) is 9.97 Å². The number of aromatic nitrogens is 2. The van der Waals surface area contributed by atoms with E-state index < -0.39 is 11.8 Å². The van der Waals surface area contributed by atoms with Gasteiger partial charge in [-0.1, -0.05) is 58.5 Å². The predicted octanol–water partition coefficient (Wildman–Crippen LogP) is 4.62. The third kappa shape index (κ3) is 2.72. The summed E-state index contributed by atoms with van der Waals surface area (Å²) < 4.78 is 0. The largest absolute Gasteiger partial charge is 0.383 e. The van der Waals surface area contributed by atoms with E-state index in [1.54, 1.807) is 18.2 Å². The molecule has 2 N–H and O–H groups in total. The highest BCUT2D eigenvalue weighted by Crippen LogP contribution is 2.45. The van der Waals surface area contributed by atoms with Gasteiger partial charge in [0.1, 0.15) is 5.82 Å². The lowest BCUT2D eigenvalue weighted by atomic mass is 10.1. The molecule has 0 saturated carbocycles.